The quantitative estimate of drug-likeness (QED) is 0.785. The fourth-order valence-corrected chi connectivity index (χ4v) is 1.88. The zero-order chi connectivity index (χ0) is 15.9. The molecule has 0 aliphatic rings. The number of ether oxygens (including phenoxy) is 1. The molecule has 2 aromatic rings. The smallest absolute Gasteiger partial charge is 0.420 e. The Kier molecular flexibility index (Phi) is 3.54. The van der Waals surface area contributed by atoms with Crippen LogP contribution in [0.4, 0.5) is 4.79 Å². The fourth-order valence-electron chi connectivity index (χ4n) is 1.75. The van der Waals surface area contributed by atoms with E-state index in [0.717, 1.165) is 4.57 Å². The van der Waals surface area contributed by atoms with Gasteiger partial charge in [0.15, 0.2) is 16.5 Å². The lowest BCUT2D eigenvalue weighted by Crippen LogP contribution is -2.29. The van der Waals surface area contributed by atoms with Crippen molar-refractivity contribution in [2.75, 3.05) is 0 Å². The van der Waals surface area contributed by atoms with Crippen molar-refractivity contribution in [3.63, 3.8) is 0 Å². The molecule has 2 N–H and O–H groups in total. The van der Waals surface area contributed by atoms with Crippen molar-refractivity contribution >= 4 is 34.7 Å². The summed E-state index contributed by atoms with van der Waals surface area (Å²) >= 11 is 5.71. The second-order valence-electron chi connectivity index (χ2n) is 5.36. The van der Waals surface area contributed by atoms with Crippen LogP contribution in [0.1, 0.15) is 31.3 Å². The van der Waals surface area contributed by atoms with Crippen LogP contribution in [0.2, 0.25) is 5.15 Å². The molecule has 0 aromatic carbocycles. The Bertz CT molecular complexity index is 745. The summed E-state index contributed by atoms with van der Waals surface area (Å²) in [6.07, 6.45) is -0.885. The first kappa shape index (κ1) is 15.1. The number of rotatable bonds is 1. The number of carbonyl (C=O) groups is 2. The molecule has 21 heavy (non-hydrogen) atoms. The van der Waals surface area contributed by atoms with Gasteiger partial charge in [-0.15, -0.1) is 0 Å². The SMILES string of the molecule is CC(C)(C)OC(=O)n1c(C(=O)O)cc2cc(O)c(Cl)nc21. The van der Waals surface area contributed by atoms with E-state index < -0.39 is 17.7 Å². The molecule has 0 aliphatic carbocycles. The van der Waals surface area contributed by atoms with Crippen LogP contribution >= 0.6 is 11.6 Å². The minimum Gasteiger partial charge on any atom is -0.505 e. The highest BCUT2D eigenvalue weighted by atomic mass is 35.5. The van der Waals surface area contributed by atoms with Crippen molar-refractivity contribution in [3.05, 3.63) is 23.0 Å². The molecule has 0 bridgehead atoms. The van der Waals surface area contributed by atoms with Gasteiger partial charge >= 0.3 is 12.1 Å². The number of aromatic carboxylic acids is 1. The van der Waals surface area contributed by atoms with Gasteiger partial charge in [0.05, 0.1) is 0 Å². The molecule has 0 radical (unpaired) electrons. The number of aromatic nitrogens is 2. The van der Waals surface area contributed by atoms with Gasteiger partial charge in [0.2, 0.25) is 0 Å². The molecular formula is C13H13ClN2O5. The van der Waals surface area contributed by atoms with Crippen LogP contribution < -0.4 is 0 Å². The molecule has 7 nitrogen and oxygen atoms in total. The molecule has 0 saturated carbocycles. The Balaban J connectivity index is 2.69. The van der Waals surface area contributed by atoms with Gasteiger partial charge in [0.25, 0.3) is 0 Å². The number of pyridine rings is 1. The van der Waals surface area contributed by atoms with Gasteiger partial charge in [-0.2, -0.15) is 0 Å². The summed E-state index contributed by atoms with van der Waals surface area (Å²) in [5.41, 5.74) is -1.12. The van der Waals surface area contributed by atoms with E-state index in [1.54, 1.807) is 20.8 Å². The molecular weight excluding hydrogens is 300 g/mol. The Morgan fingerprint density at radius 1 is 1.33 bits per heavy atom. The minimum absolute atomic E-state index is 0.00412. The van der Waals surface area contributed by atoms with Gasteiger partial charge in [-0.05, 0) is 32.9 Å². The first-order chi connectivity index (χ1) is 9.60. The Morgan fingerprint density at radius 3 is 2.48 bits per heavy atom. The summed E-state index contributed by atoms with van der Waals surface area (Å²) in [7, 11) is 0. The highest BCUT2D eigenvalue weighted by Crippen LogP contribution is 2.28. The van der Waals surface area contributed by atoms with E-state index in [0.29, 0.717) is 0 Å². The third-order valence-electron chi connectivity index (χ3n) is 2.51. The molecule has 112 valence electrons. The fraction of sp³-hybridized carbons (Fsp3) is 0.308. The Morgan fingerprint density at radius 2 is 1.95 bits per heavy atom. The highest BCUT2D eigenvalue weighted by Gasteiger charge is 2.26. The first-order valence-electron chi connectivity index (χ1n) is 5.98. The summed E-state index contributed by atoms with van der Waals surface area (Å²) < 4.78 is 5.98. The lowest BCUT2D eigenvalue weighted by atomic mass is 10.2. The highest BCUT2D eigenvalue weighted by molar-refractivity contribution is 6.31. The van der Waals surface area contributed by atoms with Gasteiger partial charge < -0.3 is 14.9 Å². The normalized spacial score (nSPS) is 11.6. The van der Waals surface area contributed by atoms with Gasteiger partial charge in [-0.1, -0.05) is 11.6 Å². The second kappa shape index (κ2) is 4.92. The van der Waals surface area contributed by atoms with Crippen molar-refractivity contribution in [1.82, 2.24) is 9.55 Å². The number of hydrogen-bond donors (Lipinski definition) is 2. The summed E-state index contributed by atoms with van der Waals surface area (Å²) in [4.78, 5) is 27.3. The molecule has 0 saturated heterocycles. The maximum Gasteiger partial charge on any atom is 0.420 e. The molecule has 2 aromatic heterocycles. The average Bonchev–Trinajstić information content (AvgIpc) is 2.66. The second-order valence-corrected chi connectivity index (χ2v) is 5.72. The molecule has 0 unspecified atom stereocenters. The van der Waals surface area contributed by atoms with Crippen LogP contribution in [0.25, 0.3) is 11.0 Å². The third kappa shape index (κ3) is 2.92. The van der Waals surface area contributed by atoms with Crippen molar-refractivity contribution < 1.29 is 24.5 Å². The molecule has 0 atom stereocenters. The Labute approximate surface area is 124 Å². The summed E-state index contributed by atoms with van der Waals surface area (Å²) in [6, 6.07) is 2.45. The van der Waals surface area contributed by atoms with E-state index in [1.165, 1.54) is 12.1 Å². The van der Waals surface area contributed by atoms with E-state index in [9.17, 15) is 19.8 Å². The molecule has 2 rings (SSSR count). The van der Waals surface area contributed by atoms with E-state index in [1.807, 2.05) is 0 Å². The summed E-state index contributed by atoms with van der Waals surface area (Å²) in [5.74, 6) is -1.63. The van der Waals surface area contributed by atoms with Crippen molar-refractivity contribution in [1.29, 1.82) is 0 Å². The third-order valence-corrected chi connectivity index (χ3v) is 2.78. The number of carboxylic acid groups (broad SMARTS) is 1. The zero-order valence-corrected chi connectivity index (χ0v) is 12.3. The molecule has 0 aliphatic heterocycles. The number of carbonyl (C=O) groups excluding carboxylic acids is 1. The lowest BCUT2D eigenvalue weighted by Gasteiger charge is -2.20. The summed E-state index contributed by atoms with van der Waals surface area (Å²) in [5, 5.41) is 18.7. The van der Waals surface area contributed by atoms with Crippen LogP contribution in [-0.4, -0.2) is 37.4 Å². The van der Waals surface area contributed by atoms with Crippen LogP contribution in [0.5, 0.6) is 5.75 Å². The molecule has 0 amide bonds. The number of aromatic hydroxyl groups is 1. The van der Waals surface area contributed by atoms with Crippen LogP contribution in [-0.2, 0) is 4.74 Å². The van der Waals surface area contributed by atoms with Crippen LogP contribution in [0.3, 0.4) is 0 Å². The maximum atomic E-state index is 12.2. The number of halogens is 1. The van der Waals surface area contributed by atoms with Crippen molar-refractivity contribution in [2.45, 2.75) is 26.4 Å². The Hall–Kier alpha value is -2.28. The standard InChI is InChI=1S/C13H13ClN2O5/c1-13(2,3)21-12(20)16-7(11(18)19)4-6-5-8(17)9(14)15-10(6)16/h4-5,17H,1-3H3,(H,18,19). The maximum absolute atomic E-state index is 12.2. The van der Waals surface area contributed by atoms with Crippen molar-refractivity contribution in [3.8, 4) is 5.75 Å². The monoisotopic (exact) mass is 312 g/mol. The van der Waals surface area contributed by atoms with Gasteiger partial charge in [-0.3, -0.25) is 0 Å². The number of hydrogen-bond acceptors (Lipinski definition) is 5. The minimum atomic E-state index is -1.32. The van der Waals surface area contributed by atoms with Crippen LogP contribution in [0.15, 0.2) is 12.1 Å². The van der Waals surface area contributed by atoms with Gasteiger partial charge in [-0.25, -0.2) is 19.1 Å². The molecule has 2 heterocycles. The zero-order valence-electron chi connectivity index (χ0n) is 11.5. The van der Waals surface area contributed by atoms with Gasteiger partial charge in [0, 0.05) is 5.39 Å². The van der Waals surface area contributed by atoms with E-state index in [2.05, 4.69) is 4.98 Å². The predicted molar refractivity (Wildman–Crippen MR) is 75.0 cm³/mol. The number of nitrogens with zero attached hydrogens (tertiary/aromatic N) is 2. The van der Waals surface area contributed by atoms with E-state index >= 15 is 0 Å². The van der Waals surface area contributed by atoms with E-state index in [4.69, 9.17) is 16.3 Å². The van der Waals surface area contributed by atoms with Crippen molar-refractivity contribution in [2.24, 2.45) is 0 Å². The molecule has 8 heteroatoms. The average molecular weight is 313 g/mol. The number of carboxylic acids is 1. The molecule has 0 spiro atoms. The number of fused-ring (bicyclic) bond motifs is 1. The van der Waals surface area contributed by atoms with Gasteiger partial charge in [0.1, 0.15) is 11.3 Å². The largest absolute Gasteiger partial charge is 0.505 e. The summed E-state index contributed by atoms with van der Waals surface area (Å²) in [6.45, 7) is 4.97. The first-order valence-corrected chi connectivity index (χ1v) is 6.35. The predicted octanol–water partition coefficient (Wildman–Crippen LogP) is 2.88. The lowest BCUT2D eigenvalue weighted by molar-refractivity contribution is 0.0512. The molecule has 0 fully saturated rings. The van der Waals surface area contributed by atoms with Crippen LogP contribution in [0, 0.1) is 0 Å². The van der Waals surface area contributed by atoms with E-state index in [-0.39, 0.29) is 27.6 Å². The topological polar surface area (TPSA) is 102 Å².